The van der Waals surface area contributed by atoms with Crippen LogP contribution in [-0.4, -0.2) is 67.2 Å². The van der Waals surface area contributed by atoms with E-state index in [2.05, 4.69) is 15.1 Å². The molecule has 2 aliphatic heterocycles. The molecular weight excluding hydrogens is 435 g/mol. The average molecular weight is 466 g/mol. The van der Waals surface area contributed by atoms with Crippen LogP contribution in [0.2, 0.25) is 0 Å². The zero-order valence-electron chi connectivity index (χ0n) is 19.2. The molecule has 32 heavy (non-hydrogen) atoms. The molecule has 2 aromatic rings. The van der Waals surface area contributed by atoms with Gasteiger partial charge in [0.1, 0.15) is 17.8 Å². The lowest BCUT2D eigenvalue weighted by atomic mass is 9.97. The van der Waals surface area contributed by atoms with Crippen molar-refractivity contribution < 1.29 is 28.6 Å². The number of imidazole rings is 1. The Morgan fingerprint density at radius 1 is 1.34 bits per heavy atom. The minimum Gasteiger partial charge on any atom is -0.387 e. The van der Waals surface area contributed by atoms with E-state index in [1.165, 1.54) is 6.33 Å². The summed E-state index contributed by atoms with van der Waals surface area (Å²) in [5.41, 5.74) is 0.430. The van der Waals surface area contributed by atoms with Crippen LogP contribution in [0.1, 0.15) is 53.7 Å². The molecule has 0 saturated carbocycles. The first-order chi connectivity index (χ1) is 15.0. The normalized spacial score (nSPS) is 27.1. The molecular formula is C20H31N6O5P+2. The van der Waals surface area contributed by atoms with Crippen LogP contribution >= 0.6 is 8.03 Å². The lowest BCUT2D eigenvalue weighted by Crippen LogP contribution is -2.46. The highest BCUT2D eigenvalue weighted by Crippen LogP contribution is 2.40. The number of hydrogen-bond acceptors (Lipinski definition) is 9. The van der Waals surface area contributed by atoms with Crippen molar-refractivity contribution in [1.29, 1.82) is 0 Å². The third-order valence-electron chi connectivity index (χ3n) is 6.05. The Labute approximate surface area is 187 Å². The first-order valence-corrected chi connectivity index (χ1v) is 12.0. The minimum atomic E-state index is -1.85. The first-order valence-electron chi connectivity index (χ1n) is 10.8. The molecule has 2 aliphatic rings. The fraction of sp³-hybridized carbons (Fsp3) is 0.700. The van der Waals surface area contributed by atoms with Crippen LogP contribution < -0.4 is 9.58 Å². The Morgan fingerprint density at radius 2 is 2.06 bits per heavy atom. The second kappa shape index (κ2) is 8.39. The van der Waals surface area contributed by atoms with Crippen LogP contribution in [0.25, 0.3) is 11.2 Å². The Kier molecular flexibility index (Phi) is 6.06. The van der Waals surface area contributed by atoms with E-state index < -0.39 is 38.2 Å². The zero-order chi connectivity index (χ0) is 23.4. The van der Waals surface area contributed by atoms with Gasteiger partial charge in [0.05, 0.1) is 6.10 Å². The monoisotopic (exact) mass is 466 g/mol. The summed E-state index contributed by atoms with van der Waals surface area (Å²) >= 11 is 0. The van der Waals surface area contributed by atoms with Crippen molar-refractivity contribution in [2.75, 3.05) is 12.1 Å². The molecule has 6 atom stereocenters. The summed E-state index contributed by atoms with van der Waals surface area (Å²) in [7, 11) is -0.0472. The fourth-order valence-electron chi connectivity index (χ4n) is 4.11. The van der Waals surface area contributed by atoms with Gasteiger partial charge in [-0.1, -0.05) is 11.9 Å². The van der Waals surface area contributed by atoms with Gasteiger partial charge in [-0.15, -0.1) is 9.63 Å². The van der Waals surface area contributed by atoms with Crippen molar-refractivity contribution in [3.63, 3.8) is 0 Å². The van der Waals surface area contributed by atoms with E-state index in [1.807, 2.05) is 39.2 Å². The molecule has 1 saturated heterocycles. The minimum absolute atomic E-state index is 0.0647. The lowest BCUT2D eigenvalue weighted by molar-refractivity contribution is -0.745. The molecule has 0 aliphatic carbocycles. The average Bonchev–Trinajstić information content (AvgIpc) is 3.25. The highest BCUT2D eigenvalue weighted by Gasteiger charge is 2.50. The molecule has 2 N–H and O–H groups in total. The van der Waals surface area contributed by atoms with Crippen LogP contribution in [0.4, 0.5) is 5.82 Å². The quantitative estimate of drug-likeness (QED) is 0.466. The third-order valence-corrected chi connectivity index (χ3v) is 7.81. The van der Waals surface area contributed by atoms with E-state index in [0.717, 1.165) is 11.9 Å². The van der Waals surface area contributed by atoms with Gasteiger partial charge in [0, 0.05) is 20.4 Å². The van der Waals surface area contributed by atoms with Crippen LogP contribution in [-0.2, 0) is 13.8 Å². The van der Waals surface area contributed by atoms with E-state index in [0.29, 0.717) is 17.3 Å². The maximum Gasteiger partial charge on any atom is 0.511 e. The van der Waals surface area contributed by atoms with E-state index >= 15 is 0 Å². The van der Waals surface area contributed by atoms with E-state index in [9.17, 15) is 14.8 Å². The molecule has 0 amide bonds. The maximum atomic E-state index is 12.4. The summed E-state index contributed by atoms with van der Waals surface area (Å²) in [5, 5.41) is 27.7. The van der Waals surface area contributed by atoms with E-state index in [4.69, 9.17) is 9.26 Å². The molecule has 0 spiro atoms. The molecule has 0 aromatic carbocycles. The van der Waals surface area contributed by atoms with Gasteiger partial charge in [-0.25, -0.2) is 14.1 Å². The lowest BCUT2D eigenvalue weighted by Gasteiger charge is -2.24. The molecule has 2 aromatic heterocycles. The summed E-state index contributed by atoms with van der Waals surface area (Å²) in [4.78, 5) is 8.71. The van der Waals surface area contributed by atoms with Gasteiger partial charge >= 0.3 is 13.7 Å². The van der Waals surface area contributed by atoms with Crippen molar-refractivity contribution in [3.8, 4) is 0 Å². The standard InChI is InChI=1S/C20H31N6O5P/c1-7-11(2)32(29)31-20(4,5)8-13-15(27)16(28)19(30-13)26-10-25-12(3)23-24(6)17-14(25)18(26)22-9-21-17/h9-11,13,15-16,19,27-28H,7-8H2,1-6H3/q+2/t11?,13-,15-,16-,19?/m1/s1. The SMILES string of the molecule is CCC(C)[P+](=O)OC(C)(C)C[C@H]1OC([n+]2cn3c4c(ncnc42)N(C)N=C3C)[C@H](O)[C@@H]1O. The predicted octanol–water partition coefficient (Wildman–Crippen LogP) is 1.70. The Morgan fingerprint density at radius 3 is 2.75 bits per heavy atom. The van der Waals surface area contributed by atoms with Crippen molar-refractivity contribution in [3.05, 3.63) is 12.7 Å². The van der Waals surface area contributed by atoms with Crippen molar-refractivity contribution in [2.24, 2.45) is 5.10 Å². The Balaban J connectivity index is 1.60. The van der Waals surface area contributed by atoms with Gasteiger partial charge < -0.3 is 14.9 Å². The smallest absolute Gasteiger partial charge is 0.387 e. The molecule has 0 bridgehead atoms. The molecule has 11 nitrogen and oxygen atoms in total. The highest BCUT2D eigenvalue weighted by atomic mass is 31.1. The number of aliphatic hydroxyl groups excluding tert-OH is 2. The molecule has 1 fully saturated rings. The maximum absolute atomic E-state index is 12.4. The Bertz CT molecular complexity index is 1070. The topological polar surface area (TPSA) is 126 Å². The molecule has 3 unspecified atom stereocenters. The van der Waals surface area contributed by atoms with E-state index in [1.54, 1.807) is 23.0 Å². The van der Waals surface area contributed by atoms with Gasteiger partial charge in [0.2, 0.25) is 11.7 Å². The number of hydrazone groups is 1. The van der Waals surface area contributed by atoms with Crippen LogP contribution in [0.3, 0.4) is 0 Å². The second-order valence-corrected chi connectivity index (χ2v) is 10.7. The molecule has 4 rings (SSSR count). The summed E-state index contributed by atoms with van der Waals surface area (Å²) in [5.74, 6) is 1.35. The van der Waals surface area contributed by atoms with Gasteiger partial charge in [-0.2, -0.15) is 4.98 Å². The number of anilines is 1. The molecule has 4 heterocycles. The molecule has 174 valence electrons. The van der Waals surface area contributed by atoms with Crippen molar-refractivity contribution in [2.45, 2.75) is 83.3 Å². The number of rotatable bonds is 7. The number of aliphatic hydroxyl groups is 2. The predicted molar refractivity (Wildman–Crippen MR) is 118 cm³/mol. The highest BCUT2D eigenvalue weighted by molar-refractivity contribution is 7.40. The van der Waals surface area contributed by atoms with E-state index in [-0.39, 0.29) is 12.1 Å². The van der Waals surface area contributed by atoms with Crippen LogP contribution in [0.5, 0.6) is 0 Å². The number of aromatic nitrogens is 4. The third kappa shape index (κ3) is 3.92. The summed E-state index contributed by atoms with van der Waals surface area (Å²) < 4.78 is 27.9. The van der Waals surface area contributed by atoms with Gasteiger partial charge in [0.15, 0.2) is 30.0 Å². The van der Waals surface area contributed by atoms with Crippen LogP contribution in [0.15, 0.2) is 17.8 Å². The van der Waals surface area contributed by atoms with Crippen LogP contribution in [0, 0.1) is 0 Å². The fourth-order valence-corrected chi connectivity index (χ4v) is 5.15. The van der Waals surface area contributed by atoms with Gasteiger partial charge in [-0.3, -0.25) is 0 Å². The number of hydrogen-bond donors (Lipinski definition) is 2. The Hall–Kier alpha value is -2.04. The summed E-state index contributed by atoms with van der Waals surface area (Å²) in [6.07, 6.45) is 0.300. The van der Waals surface area contributed by atoms with Crippen molar-refractivity contribution in [1.82, 2.24) is 14.5 Å². The summed E-state index contributed by atoms with van der Waals surface area (Å²) in [6, 6.07) is 0. The van der Waals surface area contributed by atoms with Gasteiger partial charge in [0.25, 0.3) is 0 Å². The van der Waals surface area contributed by atoms with Gasteiger partial charge in [-0.05, 0) is 31.8 Å². The zero-order valence-corrected chi connectivity index (χ0v) is 20.1. The number of nitrogens with zero attached hydrogens (tertiary/aromatic N) is 6. The number of ether oxygens (including phenoxy) is 1. The molecule has 12 heteroatoms. The molecule has 0 radical (unpaired) electrons. The first kappa shape index (κ1) is 23.1. The second-order valence-electron chi connectivity index (χ2n) is 9.08. The largest absolute Gasteiger partial charge is 0.511 e. The van der Waals surface area contributed by atoms with Crippen molar-refractivity contribution >= 4 is 30.8 Å². The summed E-state index contributed by atoms with van der Waals surface area (Å²) in [6.45, 7) is 9.33.